The minimum Gasteiger partial charge on any atom is -0.340 e. The van der Waals surface area contributed by atoms with Crippen molar-refractivity contribution in [2.45, 2.75) is 46.6 Å². The Morgan fingerprint density at radius 1 is 1.53 bits per heavy atom. The Balaban J connectivity index is 2.46. The van der Waals surface area contributed by atoms with Crippen molar-refractivity contribution in [3.05, 3.63) is 0 Å². The highest BCUT2D eigenvalue weighted by Gasteiger charge is 2.26. The van der Waals surface area contributed by atoms with Gasteiger partial charge in [-0.05, 0) is 12.3 Å². The highest BCUT2D eigenvalue weighted by atomic mass is 16.2. The van der Waals surface area contributed by atoms with E-state index < -0.39 is 0 Å². The van der Waals surface area contributed by atoms with Gasteiger partial charge in [0, 0.05) is 32.1 Å². The van der Waals surface area contributed by atoms with Crippen LogP contribution in [0.5, 0.6) is 0 Å². The predicted molar refractivity (Wildman–Crippen MR) is 62.7 cm³/mol. The van der Waals surface area contributed by atoms with Gasteiger partial charge in [-0.1, -0.05) is 27.2 Å². The smallest absolute Gasteiger partial charge is 0.223 e. The molecule has 1 fully saturated rings. The van der Waals surface area contributed by atoms with Gasteiger partial charge in [0.2, 0.25) is 5.91 Å². The van der Waals surface area contributed by atoms with Crippen LogP contribution < -0.4 is 5.32 Å². The van der Waals surface area contributed by atoms with E-state index in [-0.39, 0.29) is 5.41 Å². The number of rotatable bonds is 3. The summed E-state index contributed by atoms with van der Waals surface area (Å²) in [5, 5.41) is 3.35. The second kappa shape index (κ2) is 4.97. The lowest BCUT2D eigenvalue weighted by molar-refractivity contribution is -0.134. The Labute approximate surface area is 93.2 Å². The fourth-order valence-corrected chi connectivity index (χ4v) is 1.81. The van der Waals surface area contributed by atoms with Gasteiger partial charge in [0.05, 0.1) is 0 Å². The molecule has 0 aromatic carbocycles. The number of carbonyl (C=O) groups is 1. The molecule has 1 amide bonds. The minimum atomic E-state index is 0.144. The number of hydrogen-bond acceptors (Lipinski definition) is 2. The number of amides is 1. The van der Waals surface area contributed by atoms with Crippen LogP contribution in [0.2, 0.25) is 0 Å². The van der Waals surface area contributed by atoms with Crippen molar-refractivity contribution >= 4 is 5.91 Å². The van der Waals surface area contributed by atoms with Crippen molar-refractivity contribution in [1.82, 2.24) is 10.2 Å². The Kier molecular flexibility index (Phi) is 4.14. The molecule has 15 heavy (non-hydrogen) atoms. The van der Waals surface area contributed by atoms with Crippen LogP contribution in [-0.4, -0.2) is 36.5 Å². The van der Waals surface area contributed by atoms with Crippen molar-refractivity contribution in [2.24, 2.45) is 5.41 Å². The SMILES string of the molecule is CCC(C)(C)CC(=O)N1CCNC(C)C1. The van der Waals surface area contributed by atoms with Crippen molar-refractivity contribution in [3.63, 3.8) is 0 Å². The fourth-order valence-electron chi connectivity index (χ4n) is 1.81. The molecule has 0 spiro atoms. The number of piperazine rings is 1. The maximum absolute atomic E-state index is 12.0. The summed E-state index contributed by atoms with van der Waals surface area (Å²) in [6, 6.07) is 0.437. The third kappa shape index (κ3) is 3.82. The lowest BCUT2D eigenvalue weighted by Crippen LogP contribution is -2.51. The number of nitrogens with one attached hydrogen (secondary N) is 1. The third-order valence-electron chi connectivity index (χ3n) is 3.31. The highest BCUT2D eigenvalue weighted by molar-refractivity contribution is 5.77. The first-order valence-corrected chi connectivity index (χ1v) is 5.96. The van der Waals surface area contributed by atoms with Crippen LogP contribution in [0.3, 0.4) is 0 Å². The van der Waals surface area contributed by atoms with Crippen LogP contribution in [0.25, 0.3) is 0 Å². The average molecular weight is 212 g/mol. The zero-order valence-corrected chi connectivity index (χ0v) is 10.5. The normalized spacial score (nSPS) is 22.9. The predicted octanol–water partition coefficient (Wildman–Crippen LogP) is 1.63. The lowest BCUT2D eigenvalue weighted by Gasteiger charge is -2.34. The summed E-state index contributed by atoms with van der Waals surface area (Å²) in [5.41, 5.74) is 0.144. The van der Waals surface area contributed by atoms with Crippen LogP contribution in [0, 0.1) is 5.41 Å². The zero-order chi connectivity index (χ0) is 11.5. The van der Waals surface area contributed by atoms with E-state index in [9.17, 15) is 4.79 Å². The molecular formula is C12H24N2O. The average Bonchev–Trinajstić information content (AvgIpc) is 2.17. The van der Waals surface area contributed by atoms with E-state index in [1.54, 1.807) is 0 Å². The van der Waals surface area contributed by atoms with Gasteiger partial charge in [-0.15, -0.1) is 0 Å². The molecule has 1 unspecified atom stereocenters. The summed E-state index contributed by atoms with van der Waals surface area (Å²) in [6.45, 7) is 11.3. The molecule has 0 aromatic heterocycles. The van der Waals surface area contributed by atoms with Crippen molar-refractivity contribution in [3.8, 4) is 0 Å². The summed E-state index contributed by atoms with van der Waals surface area (Å²) in [5.74, 6) is 0.315. The number of hydrogen-bond donors (Lipinski definition) is 1. The number of nitrogens with zero attached hydrogens (tertiary/aromatic N) is 1. The van der Waals surface area contributed by atoms with Crippen LogP contribution in [-0.2, 0) is 4.79 Å². The Hall–Kier alpha value is -0.570. The van der Waals surface area contributed by atoms with Gasteiger partial charge in [-0.2, -0.15) is 0 Å². The molecule has 1 atom stereocenters. The minimum absolute atomic E-state index is 0.144. The molecule has 1 saturated heterocycles. The van der Waals surface area contributed by atoms with Crippen LogP contribution in [0.15, 0.2) is 0 Å². The van der Waals surface area contributed by atoms with E-state index in [0.717, 1.165) is 26.1 Å². The summed E-state index contributed by atoms with van der Waals surface area (Å²) < 4.78 is 0. The molecule has 1 rings (SSSR count). The first kappa shape index (κ1) is 12.5. The van der Waals surface area contributed by atoms with E-state index in [0.29, 0.717) is 18.4 Å². The molecule has 1 aliphatic heterocycles. The van der Waals surface area contributed by atoms with E-state index in [1.165, 1.54) is 0 Å². The molecule has 88 valence electrons. The van der Waals surface area contributed by atoms with E-state index in [2.05, 4.69) is 33.0 Å². The first-order chi connectivity index (χ1) is 6.94. The summed E-state index contributed by atoms with van der Waals surface area (Å²) in [6.07, 6.45) is 1.73. The lowest BCUT2D eigenvalue weighted by atomic mass is 9.86. The maximum atomic E-state index is 12.0. The standard InChI is InChI=1S/C12H24N2O/c1-5-12(3,4)8-11(15)14-7-6-13-10(2)9-14/h10,13H,5-9H2,1-4H3. The maximum Gasteiger partial charge on any atom is 0.223 e. The third-order valence-corrected chi connectivity index (χ3v) is 3.31. The van der Waals surface area contributed by atoms with E-state index in [4.69, 9.17) is 0 Å². The largest absolute Gasteiger partial charge is 0.340 e. The van der Waals surface area contributed by atoms with Gasteiger partial charge in [0.25, 0.3) is 0 Å². The Morgan fingerprint density at radius 3 is 2.73 bits per heavy atom. The summed E-state index contributed by atoms with van der Waals surface area (Å²) >= 11 is 0. The molecular weight excluding hydrogens is 188 g/mol. The summed E-state index contributed by atoms with van der Waals surface area (Å²) in [7, 11) is 0. The Morgan fingerprint density at radius 2 is 2.20 bits per heavy atom. The van der Waals surface area contributed by atoms with Gasteiger partial charge in [-0.3, -0.25) is 4.79 Å². The fraction of sp³-hybridized carbons (Fsp3) is 0.917. The topological polar surface area (TPSA) is 32.3 Å². The highest BCUT2D eigenvalue weighted by Crippen LogP contribution is 2.25. The zero-order valence-electron chi connectivity index (χ0n) is 10.5. The molecule has 1 heterocycles. The molecule has 1 aliphatic rings. The summed E-state index contributed by atoms with van der Waals surface area (Å²) in [4.78, 5) is 14.0. The van der Waals surface area contributed by atoms with Gasteiger partial charge in [-0.25, -0.2) is 0 Å². The Bertz CT molecular complexity index is 226. The quantitative estimate of drug-likeness (QED) is 0.771. The van der Waals surface area contributed by atoms with E-state index >= 15 is 0 Å². The van der Waals surface area contributed by atoms with Gasteiger partial charge in [0.1, 0.15) is 0 Å². The molecule has 0 radical (unpaired) electrons. The molecule has 1 N–H and O–H groups in total. The second-order valence-corrected chi connectivity index (χ2v) is 5.39. The van der Waals surface area contributed by atoms with Crippen molar-refractivity contribution < 1.29 is 4.79 Å². The monoisotopic (exact) mass is 212 g/mol. The van der Waals surface area contributed by atoms with Crippen LogP contribution in [0.4, 0.5) is 0 Å². The van der Waals surface area contributed by atoms with Gasteiger partial charge < -0.3 is 10.2 Å². The second-order valence-electron chi connectivity index (χ2n) is 5.39. The van der Waals surface area contributed by atoms with Crippen molar-refractivity contribution in [2.75, 3.05) is 19.6 Å². The van der Waals surface area contributed by atoms with Crippen molar-refractivity contribution in [1.29, 1.82) is 0 Å². The van der Waals surface area contributed by atoms with E-state index in [1.807, 2.05) is 4.90 Å². The van der Waals surface area contributed by atoms with Crippen LogP contribution >= 0.6 is 0 Å². The molecule has 0 aromatic rings. The van der Waals surface area contributed by atoms with Crippen LogP contribution in [0.1, 0.15) is 40.5 Å². The molecule has 0 aliphatic carbocycles. The van der Waals surface area contributed by atoms with Gasteiger partial charge in [0.15, 0.2) is 0 Å². The molecule has 0 bridgehead atoms. The number of carbonyl (C=O) groups excluding carboxylic acids is 1. The molecule has 0 saturated carbocycles. The molecule has 3 heteroatoms. The first-order valence-electron chi connectivity index (χ1n) is 5.96. The van der Waals surface area contributed by atoms with Gasteiger partial charge >= 0.3 is 0 Å². The molecule has 3 nitrogen and oxygen atoms in total.